The van der Waals surface area contributed by atoms with Crippen LogP contribution in [0.3, 0.4) is 0 Å². The van der Waals surface area contributed by atoms with E-state index < -0.39 is 0 Å². The highest BCUT2D eigenvalue weighted by molar-refractivity contribution is 5.74. The van der Waals surface area contributed by atoms with Crippen LogP contribution in [-0.4, -0.2) is 52.5 Å². The summed E-state index contributed by atoms with van der Waals surface area (Å²) in [5, 5.41) is 0. The summed E-state index contributed by atoms with van der Waals surface area (Å²) in [5.41, 5.74) is 2.62. The number of halogens is 2. The number of benzene rings is 2. The van der Waals surface area contributed by atoms with E-state index in [0.717, 1.165) is 68.1 Å². The SMILES string of the molecule is CCN(Cc1nc2ccc(F)cc2[nH]1)C[C@H]1CCCN(CCc2cccc(F)c2)C1. The van der Waals surface area contributed by atoms with Crippen LogP contribution < -0.4 is 0 Å². The Hall–Kier alpha value is -2.31. The van der Waals surface area contributed by atoms with E-state index >= 15 is 0 Å². The molecule has 2 heterocycles. The summed E-state index contributed by atoms with van der Waals surface area (Å²) < 4.78 is 26.8. The molecular weight excluding hydrogens is 382 g/mol. The van der Waals surface area contributed by atoms with E-state index in [4.69, 9.17) is 0 Å². The zero-order valence-corrected chi connectivity index (χ0v) is 17.6. The Balaban J connectivity index is 1.31. The Kier molecular flexibility index (Phi) is 6.75. The number of aromatic nitrogens is 2. The first-order valence-electron chi connectivity index (χ1n) is 10.9. The number of nitrogens with one attached hydrogen (secondary N) is 1. The van der Waals surface area contributed by atoms with Crippen LogP contribution in [0, 0.1) is 17.6 Å². The summed E-state index contributed by atoms with van der Waals surface area (Å²) in [7, 11) is 0. The van der Waals surface area contributed by atoms with Crippen molar-refractivity contribution in [3.05, 3.63) is 65.5 Å². The Morgan fingerprint density at radius 1 is 1.17 bits per heavy atom. The molecule has 0 radical (unpaired) electrons. The van der Waals surface area contributed by atoms with Crippen LogP contribution in [0.5, 0.6) is 0 Å². The number of likely N-dealkylation sites (tertiary alicyclic amines) is 1. The third-order valence-corrected chi connectivity index (χ3v) is 6.04. The lowest BCUT2D eigenvalue weighted by Gasteiger charge is -2.35. The van der Waals surface area contributed by atoms with Crippen molar-refractivity contribution in [2.75, 3.05) is 32.7 Å². The fraction of sp³-hybridized carbons (Fsp3) is 0.458. The minimum absolute atomic E-state index is 0.157. The fourth-order valence-electron chi connectivity index (χ4n) is 4.48. The van der Waals surface area contributed by atoms with Crippen molar-refractivity contribution < 1.29 is 8.78 Å². The van der Waals surface area contributed by atoms with Gasteiger partial charge in [-0.3, -0.25) is 4.90 Å². The van der Waals surface area contributed by atoms with E-state index in [1.807, 2.05) is 6.07 Å². The number of piperidine rings is 1. The number of aromatic amines is 1. The van der Waals surface area contributed by atoms with Gasteiger partial charge in [0, 0.05) is 19.6 Å². The van der Waals surface area contributed by atoms with Crippen molar-refractivity contribution in [1.82, 2.24) is 19.8 Å². The highest BCUT2D eigenvalue weighted by atomic mass is 19.1. The molecular formula is C24H30F2N4. The van der Waals surface area contributed by atoms with E-state index in [0.29, 0.717) is 5.92 Å². The number of fused-ring (bicyclic) bond motifs is 1. The molecule has 1 aliphatic rings. The minimum Gasteiger partial charge on any atom is -0.341 e. The van der Waals surface area contributed by atoms with Crippen LogP contribution in [0.1, 0.15) is 31.2 Å². The monoisotopic (exact) mass is 412 g/mol. The maximum Gasteiger partial charge on any atom is 0.125 e. The van der Waals surface area contributed by atoms with Crippen molar-refractivity contribution in [3.63, 3.8) is 0 Å². The Labute approximate surface area is 176 Å². The van der Waals surface area contributed by atoms with Gasteiger partial charge in [0.1, 0.15) is 17.5 Å². The van der Waals surface area contributed by atoms with Crippen molar-refractivity contribution in [2.24, 2.45) is 5.92 Å². The van der Waals surface area contributed by atoms with Crippen molar-refractivity contribution in [3.8, 4) is 0 Å². The van der Waals surface area contributed by atoms with E-state index in [1.165, 1.54) is 31.0 Å². The van der Waals surface area contributed by atoms with Crippen molar-refractivity contribution in [1.29, 1.82) is 0 Å². The standard InChI is InChI=1S/C24H30F2N4/c1-2-29(17-24-27-22-9-8-21(26)14-23(22)28-24)15-19-6-4-11-30(16-19)12-10-18-5-3-7-20(25)13-18/h3,5,7-9,13-14,19H,2,4,6,10-12,15-17H2,1H3,(H,27,28)/t19-/m1/s1. The van der Waals surface area contributed by atoms with E-state index in [-0.39, 0.29) is 11.6 Å². The van der Waals surface area contributed by atoms with Crippen LogP contribution in [0.25, 0.3) is 11.0 Å². The highest BCUT2D eigenvalue weighted by Gasteiger charge is 2.22. The smallest absolute Gasteiger partial charge is 0.125 e. The molecule has 1 aromatic heterocycles. The maximum atomic E-state index is 13.4. The van der Waals surface area contributed by atoms with Crippen LogP contribution in [0.2, 0.25) is 0 Å². The molecule has 4 nitrogen and oxygen atoms in total. The second kappa shape index (κ2) is 9.67. The van der Waals surface area contributed by atoms with Crippen molar-refractivity contribution in [2.45, 2.75) is 32.7 Å². The molecule has 1 fully saturated rings. The molecule has 3 aromatic rings. The van der Waals surface area contributed by atoms with E-state index in [2.05, 4.69) is 26.7 Å². The molecule has 0 amide bonds. The van der Waals surface area contributed by atoms with Gasteiger partial charge in [-0.05, 0) is 74.2 Å². The Morgan fingerprint density at radius 2 is 2.03 bits per heavy atom. The molecule has 2 aromatic carbocycles. The second-order valence-electron chi connectivity index (χ2n) is 8.36. The summed E-state index contributed by atoms with van der Waals surface area (Å²) in [6.45, 7) is 8.06. The maximum absolute atomic E-state index is 13.4. The molecule has 30 heavy (non-hydrogen) atoms. The van der Waals surface area contributed by atoms with Gasteiger partial charge in [0.15, 0.2) is 0 Å². The Morgan fingerprint density at radius 3 is 2.87 bits per heavy atom. The molecule has 1 atom stereocenters. The molecule has 4 rings (SSSR count). The molecule has 0 bridgehead atoms. The number of H-pyrrole nitrogens is 1. The lowest BCUT2D eigenvalue weighted by Crippen LogP contribution is -2.41. The summed E-state index contributed by atoms with van der Waals surface area (Å²) in [4.78, 5) is 12.8. The molecule has 6 heteroatoms. The molecule has 160 valence electrons. The number of nitrogens with zero attached hydrogens (tertiary/aromatic N) is 3. The topological polar surface area (TPSA) is 35.2 Å². The van der Waals surface area contributed by atoms with Gasteiger partial charge in [0.05, 0.1) is 17.6 Å². The summed E-state index contributed by atoms with van der Waals surface area (Å²) in [6.07, 6.45) is 3.32. The quantitative estimate of drug-likeness (QED) is 0.586. The first-order valence-corrected chi connectivity index (χ1v) is 10.9. The van der Waals surface area contributed by atoms with Gasteiger partial charge in [-0.25, -0.2) is 13.8 Å². The van der Waals surface area contributed by atoms with Gasteiger partial charge in [-0.2, -0.15) is 0 Å². The predicted octanol–water partition coefficient (Wildman–Crippen LogP) is 4.62. The molecule has 0 spiro atoms. The zero-order chi connectivity index (χ0) is 20.9. The number of rotatable bonds is 8. The lowest BCUT2D eigenvalue weighted by molar-refractivity contribution is 0.132. The van der Waals surface area contributed by atoms with Gasteiger partial charge in [-0.15, -0.1) is 0 Å². The van der Waals surface area contributed by atoms with Gasteiger partial charge < -0.3 is 9.88 Å². The highest BCUT2D eigenvalue weighted by Crippen LogP contribution is 2.20. The first-order chi connectivity index (χ1) is 14.6. The number of hydrogen-bond acceptors (Lipinski definition) is 3. The Bertz CT molecular complexity index is 971. The average Bonchev–Trinajstić information content (AvgIpc) is 3.13. The van der Waals surface area contributed by atoms with Gasteiger partial charge in [-0.1, -0.05) is 19.1 Å². The normalized spacial score (nSPS) is 17.8. The average molecular weight is 413 g/mol. The molecule has 1 aliphatic heterocycles. The van der Waals surface area contributed by atoms with Gasteiger partial charge >= 0.3 is 0 Å². The fourth-order valence-corrected chi connectivity index (χ4v) is 4.48. The third-order valence-electron chi connectivity index (χ3n) is 6.04. The first kappa shape index (κ1) is 20.9. The second-order valence-corrected chi connectivity index (χ2v) is 8.36. The summed E-state index contributed by atoms with van der Waals surface area (Å²) >= 11 is 0. The van der Waals surface area contributed by atoms with Crippen molar-refractivity contribution >= 4 is 11.0 Å². The van der Waals surface area contributed by atoms with Gasteiger partial charge in [0.25, 0.3) is 0 Å². The number of hydrogen-bond donors (Lipinski definition) is 1. The zero-order valence-electron chi connectivity index (χ0n) is 17.6. The molecule has 1 saturated heterocycles. The minimum atomic E-state index is -0.245. The molecule has 0 unspecified atom stereocenters. The largest absolute Gasteiger partial charge is 0.341 e. The van der Waals surface area contributed by atoms with Crippen LogP contribution in [0.15, 0.2) is 42.5 Å². The van der Waals surface area contributed by atoms with E-state index in [1.54, 1.807) is 18.2 Å². The van der Waals surface area contributed by atoms with Crippen LogP contribution in [-0.2, 0) is 13.0 Å². The lowest BCUT2D eigenvalue weighted by atomic mass is 9.97. The molecule has 0 aliphatic carbocycles. The van der Waals surface area contributed by atoms with Crippen LogP contribution in [0.4, 0.5) is 8.78 Å². The summed E-state index contributed by atoms with van der Waals surface area (Å²) in [5.74, 6) is 1.10. The summed E-state index contributed by atoms with van der Waals surface area (Å²) in [6, 6.07) is 11.6. The molecule has 0 saturated carbocycles. The predicted molar refractivity (Wildman–Crippen MR) is 116 cm³/mol. The van der Waals surface area contributed by atoms with Crippen LogP contribution >= 0.6 is 0 Å². The van der Waals surface area contributed by atoms with Gasteiger partial charge in [0.2, 0.25) is 0 Å². The third kappa shape index (κ3) is 5.43. The van der Waals surface area contributed by atoms with E-state index in [9.17, 15) is 8.78 Å². The number of imidazole rings is 1. The molecule has 1 N–H and O–H groups in total.